The van der Waals surface area contributed by atoms with Crippen molar-refractivity contribution in [3.05, 3.63) is 86.8 Å². The van der Waals surface area contributed by atoms with Crippen LogP contribution in [0.3, 0.4) is 0 Å². The maximum atomic E-state index is 12.5. The van der Waals surface area contributed by atoms with E-state index in [2.05, 4.69) is 31.9 Å². The highest BCUT2D eigenvalue weighted by Crippen LogP contribution is 2.22. The van der Waals surface area contributed by atoms with Gasteiger partial charge in [0.25, 0.3) is 5.91 Å². The van der Waals surface area contributed by atoms with E-state index in [9.17, 15) is 19.5 Å². The molecule has 31 heavy (non-hydrogen) atoms. The van der Waals surface area contributed by atoms with Gasteiger partial charge in [-0.3, -0.25) is 4.79 Å². The summed E-state index contributed by atoms with van der Waals surface area (Å²) in [6.45, 7) is 1.87. The van der Waals surface area contributed by atoms with E-state index in [4.69, 9.17) is 11.6 Å². The highest BCUT2D eigenvalue weighted by Gasteiger charge is 2.14. The Bertz CT molecular complexity index is 1150. The third-order valence-electron chi connectivity index (χ3n) is 4.17. The van der Waals surface area contributed by atoms with E-state index >= 15 is 0 Å². The van der Waals surface area contributed by atoms with Crippen LogP contribution in [0.2, 0.25) is 5.02 Å². The average Bonchev–Trinajstić information content (AvgIpc) is 2.68. The fraction of sp³-hybridized carbons (Fsp3) is 0.0455. The van der Waals surface area contributed by atoms with Crippen LogP contribution in [0.5, 0.6) is 0 Å². The summed E-state index contributed by atoms with van der Waals surface area (Å²) < 4.78 is 0.588. The molecule has 0 bridgehead atoms. The number of amides is 3. The lowest BCUT2D eigenvalue weighted by molar-refractivity contribution is 0.0698. The third kappa shape index (κ3) is 6.07. The van der Waals surface area contributed by atoms with Crippen LogP contribution < -0.4 is 16.0 Å². The van der Waals surface area contributed by atoms with Crippen LogP contribution in [0.15, 0.2) is 65.1 Å². The molecule has 3 aromatic rings. The van der Waals surface area contributed by atoms with Gasteiger partial charge in [0.2, 0.25) is 0 Å². The predicted octanol–water partition coefficient (Wildman–Crippen LogP) is 6.01. The van der Waals surface area contributed by atoms with E-state index in [-0.39, 0.29) is 11.3 Å². The van der Waals surface area contributed by atoms with Gasteiger partial charge in [0, 0.05) is 26.4 Å². The molecule has 3 amide bonds. The van der Waals surface area contributed by atoms with Gasteiger partial charge in [-0.2, -0.15) is 0 Å². The number of aromatic carboxylic acids is 1. The first-order valence-electron chi connectivity index (χ1n) is 9.01. The number of urea groups is 1. The molecular weight excluding hydrogens is 486 g/mol. The van der Waals surface area contributed by atoms with Gasteiger partial charge in [-0.15, -0.1) is 0 Å². The van der Waals surface area contributed by atoms with Gasteiger partial charge >= 0.3 is 12.0 Å². The van der Waals surface area contributed by atoms with E-state index < -0.39 is 17.9 Å². The number of nitrogens with one attached hydrogen (secondary N) is 3. The van der Waals surface area contributed by atoms with Crippen LogP contribution in [0.4, 0.5) is 21.9 Å². The number of hydrogen-bond acceptors (Lipinski definition) is 3. The molecule has 3 rings (SSSR count). The molecule has 0 aliphatic carbocycles. The number of carboxylic acids is 1. The van der Waals surface area contributed by atoms with Gasteiger partial charge in [0.1, 0.15) is 0 Å². The lowest BCUT2D eigenvalue weighted by atomic mass is 10.1. The number of benzene rings is 3. The Kier molecular flexibility index (Phi) is 6.94. The van der Waals surface area contributed by atoms with Gasteiger partial charge in [-0.25, -0.2) is 9.59 Å². The minimum absolute atomic E-state index is 0.0334. The quantitative estimate of drug-likeness (QED) is 0.343. The Morgan fingerprint density at radius 2 is 1.55 bits per heavy atom. The van der Waals surface area contributed by atoms with Gasteiger partial charge in [0.15, 0.2) is 0 Å². The number of carbonyl (C=O) groups excluding carboxylic acids is 2. The van der Waals surface area contributed by atoms with Crippen molar-refractivity contribution in [3.8, 4) is 0 Å². The fourth-order valence-electron chi connectivity index (χ4n) is 2.80. The number of hydrogen-bond donors (Lipinski definition) is 4. The Labute approximate surface area is 191 Å². The van der Waals surface area contributed by atoms with Crippen molar-refractivity contribution in [2.45, 2.75) is 6.92 Å². The molecule has 0 fully saturated rings. The smallest absolute Gasteiger partial charge is 0.337 e. The van der Waals surface area contributed by atoms with Crippen molar-refractivity contribution < 1.29 is 19.5 Å². The number of rotatable bonds is 5. The Morgan fingerprint density at radius 1 is 0.871 bits per heavy atom. The minimum Gasteiger partial charge on any atom is -0.478 e. The van der Waals surface area contributed by atoms with Crippen molar-refractivity contribution in [1.82, 2.24) is 0 Å². The first-order chi connectivity index (χ1) is 14.7. The third-order valence-corrected chi connectivity index (χ3v) is 4.88. The summed E-state index contributed by atoms with van der Waals surface area (Å²) in [6.07, 6.45) is 0. The summed E-state index contributed by atoms with van der Waals surface area (Å²) in [6, 6.07) is 15.5. The molecule has 4 N–H and O–H groups in total. The van der Waals surface area contributed by atoms with Crippen LogP contribution in [0, 0.1) is 6.92 Å². The molecule has 0 aliphatic rings. The summed E-state index contributed by atoms with van der Waals surface area (Å²) in [7, 11) is 0. The summed E-state index contributed by atoms with van der Waals surface area (Å²) in [5.41, 5.74) is 2.39. The maximum Gasteiger partial charge on any atom is 0.337 e. The average molecular weight is 503 g/mol. The number of carboxylic acid groups (broad SMARTS) is 1. The zero-order valence-corrected chi connectivity index (χ0v) is 18.5. The van der Waals surface area contributed by atoms with Crippen molar-refractivity contribution in [3.63, 3.8) is 0 Å². The second-order valence-corrected chi connectivity index (χ2v) is 7.98. The maximum absolute atomic E-state index is 12.5. The van der Waals surface area contributed by atoms with E-state index in [0.717, 1.165) is 5.56 Å². The molecule has 0 unspecified atom stereocenters. The number of anilines is 3. The largest absolute Gasteiger partial charge is 0.478 e. The molecule has 0 spiro atoms. The zero-order chi connectivity index (χ0) is 22.5. The minimum atomic E-state index is -1.16. The molecule has 3 aromatic carbocycles. The summed E-state index contributed by atoms with van der Waals surface area (Å²) in [5, 5.41) is 17.8. The monoisotopic (exact) mass is 501 g/mol. The molecule has 0 saturated carbocycles. The molecule has 9 heteroatoms. The molecule has 158 valence electrons. The first kappa shape index (κ1) is 22.3. The number of aryl methyl sites for hydroxylation is 1. The van der Waals surface area contributed by atoms with Crippen LogP contribution in [-0.2, 0) is 0 Å². The number of carbonyl (C=O) groups is 3. The van der Waals surface area contributed by atoms with Crippen LogP contribution in [0.25, 0.3) is 0 Å². The molecular formula is C22H17BrClN3O4. The molecule has 0 aromatic heterocycles. The molecule has 0 heterocycles. The first-order valence-corrected chi connectivity index (χ1v) is 10.2. The Hall–Kier alpha value is -3.36. The van der Waals surface area contributed by atoms with Crippen molar-refractivity contribution in [2.24, 2.45) is 0 Å². The Balaban J connectivity index is 1.65. The van der Waals surface area contributed by atoms with Crippen molar-refractivity contribution >= 4 is 62.5 Å². The lowest BCUT2D eigenvalue weighted by Gasteiger charge is -2.11. The second-order valence-electron chi connectivity index (χ2n) is 6.62. The summed E-state index contributed by atoms with van der Waals surface area (Å²) in [4.78, 5) is 36.1. The summed E-state index contributed by atoms with van der Waals surface area (Å²) in [5.74, 6) is -1.63. The summed E-state index contributed by atoms with van der Waals surface area (Å²) >= 11 is 9.20. The van der Waals surface area contributed by atoms with Crippen LogP contribution in [0.1, 0.15) is 26.3 Å². The van der Waals surface area contributed by atoms with Crippen molar-refractivity contribution in [2.75, 3.05) is 16.0 Å². The Morgan fingerprint density at radius 3 is 2.19 bits per heavy atom. The normalized spacial score (nSPS) is 10.3. The fourth-order valence-corrected chi connectivity index (χ4v) is 3.45. The topological polar surface area (TPSA) is 108 Å². The lowest BCUT2D eigenvalue weighted by Crippen LogP contribution is -2.19. The van der Waals surface area contributed by atoms with Crippen LogP contribution in [-0.4, -0.2) is 23.0 Å². The second kappa shape index (κ2) is 9.63. The van der Waals surface area contributed by atoms with Gasteiger partial charge in [-0.1, -0.05) is 27.5 Å². The molecule has 0 atom stereocenters. The van der Waals surface area contributed by atoms with E-state index in [1.165, 1.54) is 24.3 Å². The van der Waals surface area contributed by atoms with Crippen molar-refractivity contribution in [1.29, 1.82) is 0 Å². The standard InChI is InChI=1S/C22H17BrClN3O4/c1-12-8-15(24)11-17(9-12)26-22(31)25-16-5-2-13(3-6-16)20(28)27-19-7-4-14(23)10-18(19)21(29)30/h2-11H,1H3,(H,27,28)(H,29,30)(H2,25,26,31). The molecule has 0 radical (unpaired) electrons. The molecule has 0 saturated heterocycles. The van der Waals surface area contributed by atoms with Gasteiger partial charge in [-0.05, 0) is 73.2 Å². The van der Waals surface area contributed by atoms with Gasteiger partial charge in [0.05, 0.1) is 11.3 Å². The highest BCUT2D eigenvalue weighted by molar-refractivity contribution is 9.10. The predicted molar refractivity (Wildman–Crippen MR) is 124 cm³/mol. The SMILES string of the molecule is Cc1cc(Cl)cc(NC(=O)Nc2ccc(C(=O)Nc3ccc(Br)cc3C(=O)O)cc2)c1. The van der Waals surface area contributed by atoms with E-state index in [1.54, 1.807) is 36.4 Å². The molecule has 0 aliphatic heterocycles. The zero-order valence-electron chi connectivity index (χ0n) is 16.2. The highest BCUT2D eigenvalue weighted by atomic mass is 79.9. The molecule has 7 nitrogen and oxygen atoms in total. The van der Waals surface area contributed by atoms with E-state index in [0.29, 0.717) is 26.4 Å². The van der Waals surface area contributed by atoms with Gasteiger partial charge < -0.3 is 21.1 Å². The van der Waals surface area contributed by atoms with Crippen LogP contribution >= 0.6 is 27.5 Å². The van der Waals surface area contributed by atoms with E-state index in [1.807, 2.05) is 6.92 Å². The number of halogens is 2.